The molecule has 0 N–H and O–H groups in total. The van der Waals surface area contributed by atoms with Crippen molar-refractivity contribution in [3.8, 4) is 5.75 Å². The van der Waals surface area contributed by atoms with E-state index in [1.54, 1.807) is 0 Å². The van der Waals surface area contributed by atoms with Crippen LogP contribution >= 0.6 is 11.8 Å². The molecule has 0 unspecified atom stereocenters. The maximum Gasteiger partial charge on any atom is 0.172 e. The molecule has 2 saturated carbocycles. The van der Waals surface area contributed by atoms with Crippen LogP contribution in [-0.4, -0.2) is 22.9 Å². The smallest absolute Gasteiger partial charge is 0.172 e. The lowest BCUT2D eigenvalue weighted by Crippen LogP contribution is -2.06. The van der Waals surface area contributed by atoms with E-state index in [9.17, 15) is 4.79 Å². The molecule has 2 nitrogen and oxygen atoms in total. The maximum absolute atomic E-state index is 12.1. The van der Waals surface area contributed by atoms with E-state index >= 15 is 0 Å². The molecule has 0 saturated heterocycles. The minimum absolute atomic E-state index is 0.245. The summed E-state index contributed by atoms with van der Waals surface area (Å²) < 4.78 is 5.68. The lowest BCUT2D eigenvalue weighted by molar-refractivity contribution is 0.102. The molecule has 102 valence electrons. The Morgan fingerprint density at radius 2 is 1.79 bits per heavy atom. The van der Waals surface area contributed by atoms with Crippen LogP contribution in [0, 0.1) is 0 Å². The Bertz CT molecular complexity index is 431. The van der Waals surface area contributed by atoms with E-state index < -0.39 is 0 Å². The number of hydrogen-bond donors (Lipinski definition) is 0. The fourth-order valence-corrected chi connectivity index (χ4v) is 3.65. The van der Waals surface area contributed by atoms with Crippen LogP contribution < -0.4 is 4.74 Å². The number of carbonyl (C=O) groups excluding carboxylic acids is 1. The zero-order chi connectivity index (χ0) is 13.1. The van der Waals surface area contributed by atoms with Crippen molar-refractivity contribution in [2.24, 2.45) is 0 Å². The molecular formula is C16H20O2S. The van der Waals surface area contributed by atoms with Crippen LogP contribution in [-0.2, 0) is 0 Å². The molecule has 0 radical (unpaired) electrons. The van der Waals surface area contributed by atoms with Crippen molar-refractivity contribution in [2.45, 2.75) is 49.9 Å². The Morgan fingerprint density at radius 1 is 1.11 bits per heavy atom. The van der Waals surface area contributed by atoms with E-state index in [0.717, 1.165) is 11.3 Å². The minimum Gasteiger partial charge on any atom is -0.490 e. The predicted molar refractivity (Wildman–Crippen MR) is 79.1 cm³/mol. The van der Waals surface area contributed by atoms with Crippen molar-refractivity contribution >= 4 is 17.5 Å². The first-order chi connectivity index (χ1) is 9.31. The monoisotopic (exact) mass is 276 g/mol. The molecule has 3 rings (SSSR count). The third kappa shape index (κ3) is 3.75. The number of rotatable bonds is 6. The van der Waals surface area contributed by atoms with Gasteiger partial charge in [0.2, 0.25) is 0 Å². The Kier molecular flexibility index (Phi) is 4.12. The van der Waals surface area contributed by atoms with Crippen LogP contribution in [0.1, 0.15) is 48.9 Å². The van der Waals surface area contributed by atoms with Crippen molar-refractivity contribution in [2.75, 3.05) is 5.75 Å². The molecule has 1 aromatic carbocycles. The van der Waals surface area contributed by atoms with Gasteiger partial charge < -0.3 is 4.74 Å². The second kappa shape index (κ2) is 6.00. The maximum atomic E-state index is 12.1. The van der Waals surface area contributed by atoms with E-state index in [1.807, 2.05) is 36.0 Å². The summed E-state index contributed by atoms with van der Waals surface area (Å²) in [6.45, 7) is 0. The van der Waals surface area contributed by atoms with E-state index in [2.05, 4.69) is 0 Å². The Labute approximate surface area is 118 Å². The number of benzene rings is 1. The fraction of sp³-hybridized carbons (Fsp3) is 0.562. The number of ketones is 1. The van der Waals surface area contributed by atoms with E-state index in [1.165, 1.54) is 38.5 Å². The van der Waals surface area contributed by atoms with Crippen molar-refractivity contribution < 1.29 is 9.53 Å². The van der Waals surface area contributed by atoms with Crippen molar-refractivity contribution in [3.63, 3.8) is 0 Å². The average Bonchev–Trinajstić information content (AvgIpc) is 3.09. The second-order valence-electron chi connectivity index (χ2n) is 5.48. The van der Waals surface area contributed by atoms with Gasteiger partial charge in [-0.25, -0.2) is 0 Å². The Morgan fingerprint density at radius 3 is 2.42 bits per heavy atom. The minimum atomic E-state index is 0.245. The number of thioether (sulfide) groups is 1. The summed E-state index contributed by atoms with van der Waals surface area (Å²) in [7, 11) is 0. The van der Waals surface area contributed by atoms with Crippen LogP contribution in [0.5, 0.6) is 5.75 Å². The number of carbonyl (C=O) groups is 1. The van der Waals surface area contributed by atoms with Gasteiger partial charge in [-0.15, -0.1) is 0 Å². The Hall–Kier alpha value is -0.960. The summed E-state index contributed by atoms with van der Waals surface area (Å²) in [6.07, 6.45) is 7.98. The van der Waals surface area contributed by atoms with Gasteiger partial charge in [-0.3, -0.25) is 4.79 Å². The SMILES string of the molecule is O=C(CSC1CCCC1)c1ccc(OC2CC2)cc1. The average molecular weight is 276 g/mol. The molecule has 1 aromatic rings. The van der Waals surface area contributed by atoms with Gasteiger partial charge >= 0.3 is 0 Å². The topological polar surface area (TPSA) is 26.3 Å². The first-order valence-corrected chi connectivity index (χ1v) is 8.27. The van der Waals surface area contributed by atoms with Gasteiger partial charge in [0.1, 0.15) is 5.75 Å². The molecular weight excluding hydrogens is 256 g/mol. The first kappa shape index (κ1) is 13.0. The highest BCUT2D eigenvalue weighted by Gasteiger charge is 2.23. The highest BCUT2D eigenvalue weighted by molar-refractivity contribution is 8.00. The van der Waals surface area contributed by atoms with Gasteiger partial charge in [0, 0.05) is 10.8 Å². The molecule has 0 atom stereocenters. The number of ether oxygens (including phenoxy) is 1. The van der Waals surface area contributed by atoms with Crippen LogP contribution in [0.2, 0.25) is 0 Å². The molecule has 0 bridgehead atoms. The van der Waals surface area contributed by atoms with Crippen molar-refractivity contribution in [1.29, 1.82) is 0 Å². The molecule has 0 amide bonds. The third-order valence-electron chi connectivity index (χ3n) is 3.76. The molecule has 2 aliphatic carbocycles. The summed E-state index contributed by atoms with van der Waals surface area (Å²) in [5.41, 5.74) is 0.814. The standard InChI is InChI=1S/C16H20O2S/c17-16(11-19-15-3-1-2-4-15)12-5-7-13(8-6-12)18-14-9-10-14/h5-8,14-15H,1-4,9-11H2. The lowest BCUT2D eigenvalue weighted by atomic mass is 10.1. The Balaban J connectivity index is 1.50. The molecule has 0 aliphatic heterocycles. The van der Waals surface area contributed by atoms with Crippen molar-refractivity contribution in [3.05, 3.63) is 29.8 Å². The molecule has 0 aromatic heterocycles. The zero-order valence-corrected chi connectivity index (χ0v) is 12.0. The lowest BCUT2D eigenvalue weighted by Gasteiger charge is -2.08. The molecule has 2 fully saturated rings. The second-order valence-corrected chi connectivity index (χ2v) is 6.77. The fourth-order valence-electron chi connectivity index (χ4n) is 2.43. The normalized spacial score (nSPS) is 19.6. The predicted octanol–water partition coefficient (Wildman–Crippen LogP) is 4.09. The van der Waals surface area contributed by atoms with E-state index in [-0.39, 0.29) is 5.78 Å². The quantitative estimate of drug-likeness (QED) is 0.732. The largest absolute Gasteiger partial charge is 0.490 e. The first-order valence-electron chi connectivity index (χ1n) is 7.23. The van der Waals surface area contributed by atoms with E-state index in [0.29, 0.717) is 17.1 Å². The number of hydrogen-bond acceptors (Lipinski definition) is 3. The highest BCUT2D eigenvalue weighted by atomic mass is 32.2. The summed E-state index contributed by atoms with van der Waals surface area (Å²) in [5.74, 6) is 1.75. The third-order valence-corrected chi connectivity index (χ3v) is 5.13. The highest BCUT2D eigenvalue weighted by Crippen LogP contribution is 2.30. The molecule has 2 aliphatic rings. The summed E-state index contributed by atoms with van der Waals surface area (Å²) >= 11 is 1.83. The summed E-state index contributed by atoms with van der Waals surface area (Å²) in [6, 6.07) is 7.64. The van der Waals surface area contributed by atoms with Gasteiger partial charge in [-0.1, -0.05) is 12.8 Å². The summed E-state index contributed by atoms with van der Waals surface area (Å²) in [5, 5.41) is 0.710. The van der Waals surface area contributed by atoms with Gasteiger partial charge in [0.15, 0.2) is 5.78 Å². The number of Topliss-reactive ketones (excluding diaryl/α,β-unsaturated/α-hetero) is 1. The van der Waals surface area contributed by atoms with Crippen LogP contribution in [0.25, 0.3) is 0 Å². The molecule has 0 heterocycles. The van der Waals surface area contributed by atoms with Crippen LogP contribution in [0.15, 0.2) is 24.3 Å². The van der Waals surface area contributed by atoms with Gasteiger partial charge in [-0.2, -0.15) is 11.8 Å². The van der Waals surface area contributed by atoms with Gasteiger partial charge in [0.25, 0.3) is 0 Å². The van der Waals surface area contributed by atoms with Gasteiger partial charge in [0.05, 0.1) is 11.9 Å². The molecule has 3 heteroatoms. The summed E-state index contributed by atoms with van der Waals surface area (Å²) in [4.78, 5) is 12.1. The van der Waals surface area contributed by atoms with Crippen molar-refractivity contribution in [1.82, 2.24) is 0 Å². The van der Waals surface area contributed by atoms with Crippen LogP contribution in [0.4, 0.5) is 0 Å². The molecule has 0 spiro atoms. The molecule has 19 heavy (non-hydrogen) atoms. The zero-order valence-electron chi connectivity index (χ0n) is 11.1. The van der Waals surface area contributed by atoms with Crippen LogP contribution in [0.3, 0.4) is 0 Å². The van der Waals surface area contributed by atoms with Gasteiger partial charge in [-0.05, 0) is 49.9 Å². The van der Waals surface area contributed by atoms with E-state index in [4.69, 9.17) is 4.74 Å².